The average molecular weight is 238 g/mol. The van der Waals surface area contributed by atoms with Gasteiger partial charge in [-0.15, -0.1) is 0 Å². The van der Waals surface area contributed by atoms with Crippen molar-refractivity contribution in [2.24, 2.45) is 0 Å². The monoisotopic (exact) mass is 238 g/mol. The van der Waals surface area contributed by atoms with Crippen molar-refractivity contribution >= 4 is 11.4 Å². The van der Waals surface area contributed by atoms with Gasteiger partial charge in [-0.1, -0.05) is 6.07 Å². The van der Waals surface area contributed by atoms with E-state index in [-0.39, 0.29) is 0 Å². The summed E-state index contributed by atoms with van der Waals surface area (Å²) in [5, 5.41) is 12.1. The molecule has 2 aromatic carbocycles. The summed E-state index contributed by atoms with van der Waals surface area (Å²) in [6.07, 6.45) is 0. The molecule has 0 unspecified atom stereocenters. The molecular weight excluding hydrogens is 224 g/mol. The van der Waals surface area contributed by atoms with Crippen molar-refractivity contribution in [3.05, 3.63) is 53.6 Å². The van der Waals surface area contributed by atoms with Crippen molar-refractivity contribution in [1.29, 1.82) is 5.26 Å². The lowest BCUT2D eigenvalue weighted by molar-refractivity contribution is 0.414. The predicted molar refractivity (Wildman–Crippen MR) is 72.2 cm³/mol. The molecule has 0 heterocycles. The van der Waals surface area contributed by atoms with Gasteiger partial charge in [-0.25, -0.2) is 0 Å². The van der Waals surface area contributed by atoms with Crippen molar-refractivity contribution in [3.63, 3.8) is 0 Å². The first-order valence-corrected chi connectivity index (χ1v) is 5.65. The van der Waals surface area contributed by atoms with E-state index in [2.05, 4.69) is 11.4 Å². The number of hydrogen-bond acceptors (Lipinski definition) is 3. The molecule has 0 saturated carbocycles. The number of hydrogen-bond donors (Lipinski definition) is 1. The highest BCUT2D eigenvalue weighted by molar-refractivity contribution is 5.65. The quantitative estimate of drug-likeness (QED) is 0.888. The highest BCUT2D eigenvalue weighted by Gasteiger charge is 2.01. The Morgan fingerprint density at radius 1 is 1.17 bits per heavy atom. The Kier molecular flexibility index (Phi) is 3.49. The van der Waals surface area contributed by atoms with E-state index in [9.17, 15) is 0 Å². The molecule has 0 amide bonds. The number of aryl methyl sites for hydroxylation is 1. The van der Waals surface area contributed by atoms with E-state index in [0.717, 1.165) is 22.7 Å². The minimum Gasteiger partial charge on any atom is -0.497 e. The number of rotatable bonds is 3. The van der Waals surface area contributed by atoms with E-state index in [1.807, 2.05) is 43.3 Å². The summed E-state index contributed by atoms with van der Waals surface area (Å²) in [4.78, 5) is 0. The minimum atomic E-state index is 0.645. The molecule has 0 spiro atoms. The van der Waals surface area contributed by atoms with Gasteiger partial charge in [0, 0.05) is 11.4 Å². The molecule has 0 aromatic heterocycles. The van der Waals surface area contributed by atoms with Gasteiger partial charge in [-0.05, 0) is 48.9 Å². The molecule has 3 heteroatoms. The summed E-state index contributed by atoms with van der Waals surface area (Å²) in [6.45, 7) is 2.01. The third-order valence-electron chi connectivity index (χ3n) is 2.70. The lowest BCUT2D eigenvalue weighted by Gasteiger charge is -2.11. The molecule has 0 fully saturated rings. The van der Waals surface area contributed by atoms with Crippen molar-refractivity contribution in [2.45, 2.75) is 6.92 Å². The Labute approximate surface area is 107 Å². The molecule has 1 N–H and O–H groups in total. The molecule has 0 saturated heterocycles. The molecular formula is C15H14N2O. The summed E-state index contributed by atoms with van der Waals surface area (Å²) in [5.74, 6) is 0.837. The topological polar surface area (TPSA) is 45.0 Å². The molecule has 90 valence electrons. The van der Waals surface area contributed by atoms with E-state index in [1.165, 1.54) is 0 Å². The van der Waals surface area contributed by atoms with Crippen LogP contribution in [-0.2, 0) is 0 Å². The SMILES string of the molecule is COc1ccc(Nc2cccc(C#N)c2)c(C)c1. The number of benzene rings is 2. The summed E-state index contributed by atoms with van der Waals surface area (Å²) < 4.78 is 5.17. The second kappa shape index (κ2) is 5.24. The number of ether oxygens (including phenoxy) is 1. The first kappa shape index (κ1) is 12.0. The first-order chi connectivity index (χ1) is 8.72. The molecule has 18 heavy (non-hydrogen) atoms. The molecule has 0 bridgehead atoms. The Hall–Kier alpha value is -2.47. The van der Waals surface area contributed by atoms with Crippen LogP contribution in [0.1, 0.15) is 11.1 Å². The Morgan fingerprint density at radius 3 is 2.67 bits per heavy atom. The highest BCUT2D eigenvalue weighted by atomic mass is 16.5. The number of nitrogens with one attached hydrogen (secondary N) is 1. The molecule has 0 aliphatic rings. The predicted octanol–water partition coefficient (Wildman–Crippen LogP) is 3.62. The van der Waals surface area contributed by atoms with E-state index in [0.29, 0.717) is 5.56 Å². The van der Waals surface area contributed by atoms with Gasteiger partial charge in [0.15, 0.2) is 0 Å². The van der Waals surface area contributed by atoms with Gasteiger partial charge in [0.2, 0.25) is 0 Å². The zero-order valence-corrected chi connectivity index (χ0v) is 10.4. The molecule has 2 aromatic rings. The van der Waals surface area contributed by atoms with Crippen LogP contribution < -0.4 is 10.1 Å². The van der Waals surface area contributed by atoms with Gasteiger partial charge in [0.25, 0.3) is 0 Å². The Balaban J connectivity index is 2.26. The molecule has 0 aliphatic carbocycles. The fourth-order valence-corrected chi connectivity index (χ4v) is 1.73. The van der Waals surface area contributed by atoms with Gasteiger partial charge in [0.05, 0.1) is 18.7 Å². The maximum Gasteiger partial charge on any atom is 0.119 e. The van der Waals surface area contributed by atoms with Crippen LogP contribution in [0.2, 0.25) is 0 Å². The Bertz CT molecular complexity index is 600. The average Bonchev–Trinajstić information content (AvgIpc) is 2.41. The maximum absolute atomic E-state index is 8.86. The lowest BCUT2D eigenvalue weighted by atomic mass is 10.1. The van der Waals surface area contributed by atoms with Crippen LogP contribution in [0.4, 0.5) is 11.4 Å². The molecule has 0 atom stereocenters. The van der Waals surface area contributed by atoms with Crippen molar-refractivity contribution in [1.82, 2.24) is 0 Å². The molecule has 2 rings (SSSR count). The maximum atomic E-state index is 8.86. The summed E-state index contributed by atoms with van der Waals surface area (Å²) in [7, 11) is 1.65. The second-order valence-corrected chi connectivity index (χ2v) is 4.00. The second-order valence-electron chi connectivity index (χ2n) is 4.00. The Morgan fingerprint density at radius 2 is 2.00 bits per heavy atom. The smallest absolute Gasteiger partial charge is 0.119 e. The fraction of sp³-hybridized carbons (Fsp3) is 0.133. The van der Waals surface area contributed by atoms with Crippen LogP contribution >= 0.6 is 0 Å². The van der Waals surface area contributed by atoms with Crippen LogP contribution in [0.3, 0.4) is 0 Å². The number of anilines is 2. The highest BCUT2D eigenvalue weighted by Crippen LogP contribution is 2.24. The number of nitriles is 1. The summed E-state index contributed by atoms with van der Waals surface area (Å²) in [5.41, 5.74) is 3.65. The molecule has 3 nitrogen and oxygen atoms in total. The fourth-order valence-electron chi connectivity index (χ4n) is 1.73. The van der Waals surface area contributed by atoms with E-state index in [1.54, 1.807) is 13.2 Å². The van der Waals surface area contributed by atoms with Gasteiger partial charge >= 0.3 is 0 Å². The van der Waals surface area contributed by atoms with Gasteiger partial charge in [-0.3, -0.25) is 0 Å². The largest absolute Gasteiger partial charge is 0.497 e. The van der Waals surface area contributed by atoms with Crippen LogP contribution in [0.25, 0.3) is 0 Å². The standard InChI is InChI=1S/C15H14N2O/c1-11-8-14(18-2)6-7-15(11)17-13-5-3-4-12(9-13)10-16/h3-9,17H,1-2H3. The molecule has 0 radical (unpaired) electrons. The zero-order valence-electron chi connectivity index (χ0n) is 10.4. The third-order valence-corrected chi connectivity index (χ3v) is 2.70. The van der Waals surface area contributed by atoms with Crippen molar-refractivity contribution < 1.29 is 4.74 Å². The van der Waals surface area contributed by atoms with E-state index >= 15 is 0 Å². The zero-order chi connectivity index (χ0) is 13.0. The lowest BCUT2D eigenvalue weighted by Crippen LogP contribution is -1.94. The first-order valence-electron chi connectivity index (χ1n) is 5.65. The van der Waals surface area contributed by atoms with E-state index in [4.69, 9.17) is 10.00 Å². The van der Waals surface area contributed by atoms with Gasteiger partial charge in [-0.2, -0.15) is 5.26 Å². The third kappa shape index (κ3) is 2.61. The van der Waals surface area contributed by atoms with Crippen LogP contribution in [0.15, 0.2) is 42.5 Å². The normalized spacial score (nSPS) is 9.61. The van der Waals surface area contributed by atoms with Crippen LogP contribution in [0, 0.1) is 18.3 Å². The van der Waals surface area contributed by atoms with Crippen LogP contribution in [-0.4, -0.2) is 7.11 Å². The number of nitrogens with zero attached hydrogens (tertiary/aromatic N) is 1. The summed E-state index contributed by atoms with van der Waals surface area (Å²) >= 11 is 0. The van der Waals surface area contributed by atoms with E-state index < -0.39 is 0 Å². The van der Waals surface area contributed by atoms with Crippen molar-refractivity contribution in [3.8, 4) is 11.8 Å². The molecule has 0 aliphatic heterocycles. The minimum absolute atomic E-state index is 0.645. The number of methoxy groups -OCH3 is 1. The van der Waals surface area contributed by atoms with Gasteiger partial charge < -0.3 is 10.1 Å². The van der Waals surface area contributed by atoms with Gasteiger partial charge in [0.1, 0.15) is 5.75 Å². The van der Waals surface area contributed by atoms with Crippen LogP contribution in [0.5, 0.6) is 5.75 Å². The summed E-state index contributed by atoms with van der Waals surface area (Å²) in [6, 6.07) is 15.4. The van der Waals surface area contributed by atoms with Crippen molar-refractivity contribution in [2.75, 3.05) is 12.4 Å².